The van der Waals surface area contributed by atoms with Crippen molar-refractivity contribution in [1.82, 2.24) is 15.5 Å². The zero-order valence-electron chi connectivity index (χ0n) is 16.7. The van der Waals surface area contributed by atoms with E-state index in [-0.39, 0.29) is 24.0 Å². The molecule has 1 fully saturated rings. The van der Waals surface area contributed by atoms with Gasteiger partial charge in [0.15, 0.2) is 5.96 Å². The first-order chi connectivity index (χ1) is 13.3. The Morgan fingerprint density at radius 3 is 2.61 bits per heavy atom. The number of halogens is 1. The maximum atomic E-state index is 5.39. The molecule has 0 radical (unpaired) electrons. The van der Waals surface area contributed by atoms with E-state index < -0.39 is 0 Å². The van der Waals surface area contributed by atoms with Gasteiger partial charge >= 0.3 is 0 Å². The van der Waals surface area contributed by atoms with Crippen molar-refractivity contribution in [3.05, 3.63) is 42.0 Å². The Hall–Kier alpha value is -1.58. The van der Waals surface area contributed by atoms with Gasteiger partial charge in [0.1, 0.15) is 5.75 Å². The molecule has 28 heavy (non-hydrogen) atoms. The summed E-state index contributed by atoms with van der Waals surface area (Å²) in [7, 11) is 1.69. The number of methoxy groups -OCH3 is 1. The number of nitrogens with one attached hydrogen (secondary N) is 2. The van der Waals surface area contributed by atoms with Gasteiger partial charge in [0.2, 0.25) is 0 Å². The zero-order chi connectivity index (χ0) is 18.9. The minimum atomic E-state index is 0. The standard InChI is InChI=1S/C21H30N4O2.HI/c1-3-22-21(23-8-9-25-10-12-27-13-11-25)24-16-17-4-5-19-15-20(26-2)7-6-18(19)14-17;/h4-7,14-15H,3,8-13,16H2,1-2H3,(H2,22,23,24);1H. The highest BCUT2D eigenvalue weighted by atomic mass is 127. The molecule has 1 aliphatic heterocycles. The summed E-state index contributed by atoms with van der Waals surface area (Å²) in [6, 6.07) is 12.6. The maximum Gasteiger partial charge on any atom is 0.191 e. The topological polar surface area (TPSA) is 58.1 Å². The Bertz CT molecular complexity index is 763. The zero-order valence-corrected chi connectivity index (χ0v) is 19.1. The summed E-state index contributed by atoms with van der Waals surface area (Å²) in [4.78, 5) is 7.15. The SMILES string of the molecule is CCNC(=NCc1ccc2cc(OC)ccc2c1)NCCN1CCOCC1.I. The minimum Gasteiger partial charge on any atom is -0.497 e. The van der Waals surface area contributed by atoms with E-state index in [1.807, 2.05) is 6.07 Å². The number of aliphatic imine (C=N–C) groups is 1. The van der Waals surface area contributed by atoms with Crippen molar-refractivity contribution < 1.29 is 9.47 Å². The molecule has 0 saturated carbocycles. The van der Waals surface area contributed by atoms with Gasteiger partial charge in [0, 0.05) is 32.7 Å². The molecule has 3 rings (SSSR count). The third-order valence-corrected chi connectivity index (χ3v) is 4.70. The van der Waals surface area contributed by atoms with E-state index in [1.165, 1.54) is 16.3 Å². The predicted octanol–water partition coefficient (Wildman–Crippen LogP) is 2.85. The molecule has 0 atom stereocenters. The molecule has 7 heteroatoms. The van der Waals surface area contributed by atoms with Gasteiger partial charge in [-0.15, -0.1) is 24.0 Å². The summed E-state index contributed by atoms with van der Waals surface area (Å²) in [6.07, 6.45) is 0. The van der Waals surface area contributed by atoms with E-state index in [0.717, 1.165) is 57.6 Å². The first-order valence-corrected chi connectivity index (χ1v) is 9.67. The first kappa shape index (κ1) is 22.7. The van der Waals surface area contributed by atoms with E-state index in [4.69, 9.17) is 14.5 Å². The average molecular weight is 498 g/mol. The largest absolute Gasteiger partial charge is 0.497 e. The molecule has 2 aromatic rings. The van der Waals surface area contributed by atoms with Gasteiger partial charge in [-0.25, -0.2) is 4.99 Å². The molecule has 0 aromatic heterocycles. The fourth-order valence-corrected chi connectivity index (χ4v) is 3.17. The van der Waals surface area contributed by atoms with Gasteiger partial charge in [-0.05, 0) is 41.5 Å². The van der Waals surface area contributed by atoms with Crippen LogP contribution in [0.5, 0.6) is 5.75 Å². The second kappa shape index (κ2) is 12.1. The van der Waals surface area contributed by atoms with Gasteiger partial charge in [0.05, 0.1) is 26.9 Å². The Balaban J connectivity index is 0.00000280. The molecule has 1 aliphatic rings. The van der Waals surface area contributed by atoms with Crippen LogP contribution in [0.15, 0.2) is 41.4 Å². The highest BCUT2D eigenvalue weighted by Gasteiger charge is 2.09. The van der Waals surface area contributed by atoms with Crippen LogP contribution in [-0.2, 0) is 11.3 Å². The van der Waals surface area contributed by atoms with Crippen molar-refractivity contribution in [2.75, 3.05) is 53.0 Å². The van der Waals surface area contributed by atoms with Crippen LogP contribution in [0, 0.1) is 0 Å². The monoisotopic (exact) mass is 498 g/mol. The molecule has 2 aromatic carbocycles. The Morgan fingerprint density at radius 2 is 1.86 bits per heavy atom. The number of hydrogen-bond donors (Lipinski definition) is 2. The second-order valence-corrected chi connectivity index (χ2v) is 6.62. The van der Waals surface area contributed by atoms with E-state index >= 15 is 0 Å². The molecule has 1 heterocycles. The number of fused-ring (bicyclic) bond motifs is 1. The van der Waals surface area contributed by atoms with Crippen LogP contribution >= 0.6 is 24.0 Å². The summed E-state index contributed by atoms with van der Waals surface area (Å²) < 4.78 is 10.7. The third-order valence-electron chi connectivity index (χ3n) is 4.70. The molecule has 0 spiro atoms. The van der Waals surface area contributed by atoms with E-state index in [2.05, 4.69) is 52.8 Å². The van der Waals surface area contributed by atoms with Crippen LogP contribution in [-0.4, -0.2) is 63.9 Å². The number of benzene rings is 2. The Morgan fingerprint density at radius 1 is 1.11 bits per heavy atom. The molecule has 6 nitrogen and oxygen atoms in total. The van der Waals surface area contributed by atoms with Crippen LogP contribution in [0.25, 0.3) is 10.8 Å². The van der Waals surface area contributed by atoms with Gasteiger partial charge in [-0.2, -0.15) is 0 Å². The smallest absolute Gasteiger partial charge is 0.191 e. The van der Waals surface area contributed by atoms with Crippen molar-refractivity contribution in [3.8, 4) is 5.75 Å². The maximum absolute atomic E-state index is 5.39. The lowest BCUT2D eigenvalue weighted by atomic mass is 10.1. The second-order valence-electron chi connectivity index (χ2n) is 6.62. The number of ether oxygens (including phenoxy) is 2. The normalized spacial score (nSPS) is 15.1. The van der Waals surface area contributed by atoms with Crippen molar-refractivity contribution in [2.45, 2.75) is 13.5 Å². The van der Waals surface area contributed by atoms with Crippen LogP contribution in [0.3, 0.4) is 0 Å². The molecular weight excluding hydrogens is 467 g/mol. The Labute approximate surface area is 184 Å². The highest BCUT2D eigenvalue weighted by Crippen LogP contribution is 2.22. The number of nitrogens with zero attached hydrogens (tertiary/aromatic N) is 2. The summed E-state index contributed by atoms with van der Waals surface area (Å²) in [6.45, 7) is 9.16. The lowest BCUT2D eigenvalue weighted by Gasteiger charge is -2.26. The fraction of sp³-hybridized carbons (Fsp3) is 0.476. The summed E-state index contributed by atoms with van der Waals surface area (Å²) in [5.74, 6) is 1.74. The van der Waals surface area contributed by atoms with E-state index in [9.17, 15) is 0 Å². The highest BCUT2D eigenvalue weighted by molar-refractivity contribution is 14.0. The summed E-state index contributed by atoms with van der Waals surface area (Å²) in [5.41, 5.74) is 1.19. The lowest BCUT2D eigenvalue weighted by Crippen LogP contribution is -2.44. The molecule has 0 amide bonds. The molecule has 2 N–H and O–H groups in total. The first-order valence-electron chi connectivity index (χ1n) is 9.67. The minimum absolute atomic E-state index is 0. The lowest BCUT2D eigenvalue weighted by molar-refractivity contribution is 0.0389. The number of hydrogen-bond acceptors (Lipinski definition) is 4. The van der Waals surface area contributed by atoms with Crippen molar-refractivity contribution in [1.29, 1.82) is 0 Å². The van der Waals surface area contributed by atoms with E-state index in [0.29, 0.717) is 6.54 Å². The molecule has 154 valence electrons. The molecule has 0 aliphatic carbocycles. The van der Waals surface area contributed by atoms with Crippen LogP contribution < -0.4 is 15.4 Å². The van der Waals surface area contributed by atoms with Crippen molar-refractivity contribution >= 4 is 40.7 Å². The van der Waals surface area contributed by atoms with Crippen molar-refractivity contribution in [3.63, 3.8) is 0 Å². The quantitative estimate of drug-likeness (QED) is 0.350. The van der Waals surface area contributed by atoms with Gasteiger partial charge in [-0.3, -0.25) is 4.90 Å². The predicted molar refractivity (Wildman–Crippen MR) is 126 cm³/mol. The van der Waals surface area contributed by atoms with Gasteiger partial charge in [0.25, 0.3) is 0 Å². The van der Waals surface area contributed by atoms with Gasteiger partial charge in [-0.1, -0.05) is 18.2 Å². The molecule has 0 bridgehead atoms. The van der Waals surface area contributed by atoms with Crippen LogP contribution in [0.4, 0.5) is 0 Å². The van der Waals surface area contributed by atoms with Crippen LogP contribution in [0.1, 0.15) is 12.5 Å². The van der Waals surface area contributed by atoms with E-state index in [1.54, 1.807) is 7.11 Å². The van der Waals surface area contributed by atoms with Crippen molar-refractivity contribution in [2.24, 2.45) is 4.99 Å². The molecule has 1 saturated heterocycles. The number of morpholine rings is 1. The van der Waals surface area contributed by atoms with Crippen LogP contribution in [0.2, 0.25) is 0 Å². The summed E-state index contributed by atoms with van der Waals surface area (Å²) >= 11 is 0. The third kappa shape index (κ3) is 6.79. The molecular formula is C21H31IN4O2. The van der Waals surface area contributed by atoms with Gasteiger partial charge < -0.3 is 20.1 Å². The average Bonchev–Trinajstić information content (AvgIpc) is 2.72. The number of guanidine groups is 1. The fourth-order valence-electron chi connectivity index (χ4n) is 3.17. The Kier molecular flexibility index (Phi) is 9.80. The molecule has 0 unspecified atom stereocenters. The summed E-state index contributed by atoms with van der Waals surface area (Å²) in [5, 5.41) is 9.13. The number of rotatable bonds is 7.